The van der Waals surface area contributed by atoms with Gasteiger partial charge in [-0.25, -0.2) is 15.0 Å². The minimum atomic E-state index is 0.0361. The summed E-state index contributed by atoms with van der Waals surface area (Å²) in [7, 11) is 0. The third-order valence-corrected chi connectivity index (χ3v) is 6.17. The number of likely N-dealkylation sites (tertiary alicyclic amines) is 1. The Hall–Kier alpha value is -1.82. The van der Waals surface area contributed by atoms with E-state index in [1.807, 2.05) is 4.90 Å². The molecule has 1 atom stereocenters. The van der Waals surface area contributed by atoms with Crippen LogP contribution in [0.25, 0.3) is 0 Å². The largest absolute Gasteiger partial charge is 0.337 e. The van der Waals surface area contributed by atoms with E-state index in [1.165, 1.54) is 9.88 Å². The van der Waals surface area contributed by atoms with Crippen LogP contribution in [-0.2, 0) is 0 Å². The molecular weight excluding hydrogens is 320 g/mol. The molecule has 2 aliphatic rings. The fraction of sp³-hybridized carbons (Fsp3) is 0.556. The number of rotatable bonds is 3. The average Bonchev–Trinajstić information content (AvgIpc) is 3.40. The molecule has 2 fully saturated rings. The maximum Gasteiger partial charge on any atom is 0.272 e. The monoisotopic (exact) mass is 342 g/mol. The van der Waals surface area contributed by atoms with Crippen molar-refractivity contribution in [1.29, 1.82) is 0 Å². The van der Waals surface area contributed by atoms with Gasteiger partial charge >= 0.3 is 0 Å². The van der Waals surface area contributed by atoms with E-state index in [-0.39, 0.29) is 5.91 Å². The Balaban J connectivity index is 1.51. The van der Waals surface area contributed by atoms with Crippen molar-refractivity contribution in [3.05, 3.63) is 39.4 Å². The van der Waals surface area contributed by atoms with E-state index < -0.39 is 0 Å². The quantitative estimate of drug-likeness (QED) is 0.857. The van der Waals surface area contributed by atoms with Gasteiger partial charge in [0.1, 0.15) is 11.5 Å². The summed E-state index contributed by atoms with van der Waals surface area (Å²) in [6.45, 7) is 5.72. The van der Waals surface area contributed by atoms with Gasteiger partial charge < -0.3 is 4.90 Å². The van der Waals surface area contributed by atoms with Gasteiger partial charge in [-0.05, 0) is 45.6 Å². The lowest BCUT2D eigenvalue weighted by atomic mass is 9.98. The van der Waals surface area contributed by atoms with Gasteiger partial charge in [-0.2, -0.15) is 0 Å². The highest BCUT2D eigenvalue weighted by molar-refractivity contribution is 7.11. The van der Waals surface area contributed by atoms with Gasteiger partial charge in [-0.1, -0.05) is 0 Å². The molecule has 126 valence electrons. The number of hydrogen-bond donors (Lipinski definition) is 0. The molecule has 5 nitrogen and oxygen atoms in total. The third-order valence-electron chi connectivity index (χ3n) is 4.94. The van der Waals surface area contributed by atoms with Gasteiger partial charge in [-0.15, -0.1) is 11.3 Å². The van der Waals surface area contributed by atoms with Crippen LogP contribution in [0.15, 0.2) is 12.3 Å². The van der Waals surface area contributed by atoms with E-state index in [0.29, 0.717) is 17.5 Å². The van der Waals surface area contributed by atoms with Crippen molar-refractivity contribution in [1.82, 2.24) is 19.9 Å². The zero-order chi connectivity index (χ0) is 16.7. The summed E-state index contributed by atoms with van der Waals surface area (Å²) in [4.78, 5) is 29.6. The van der Waals surface area contributed by atoms with Crippen LogP contribution >= 0.6 is 11.3 Å². The normalized spacial score (nSPS) is 21.1. The molecule has 4 rings (SSSR count). The molecule has 1 aliphatic carbocycles. The second kappa shape index (κ2) is 6.24. The van der Waals surface area contributed by atoms with Gasteiger partial charge in [0.05, 0.1) is 10.7 Å². The van der Waals surface area contributed by atoms with E-state index >= 15 is 0 Å². The number of amides is 1. The summed E-state index contributed by atoms with van der Waals surface area (Å²) in [6, 6.07) is 1.75. The molecule has 0 unspecified atom stereocenters. The van der Waals surface area contributed by atoms with Crippen LogP contribution in [0.2, 0.25) is 0 Å². The lowest BCUT2D eigenvalue weighted by Crippen LogP contribution is -2.39. The van der Waals surface area contributed by atoms with E-state index in [4.69, 9.17) is 4.98 Å². The summed E-state index contributed by atoms with van der Waals surface area (Å²) < 4.78 is 0. The number of thiazole rings is 1. The topological polar surface area (TPSA) is 59.0 Å². The minimum Gasteiger partial charge on any atom is -0.337 e. The van der Waals surface area contributed by atoms with Crippen molar-refractivity contribution in [2.24, 2.45) is 0 Å². The molecule has 3 heterocycles. The molecule has 0 spiro atoms. The lowest BCUT2D eigenvalue weighted by Gasteiger charge is -2.31. The Labute approximate surface area is 146 Å². The lowest BCUT2D eigenvalue weighted by molar-refractivity contribution is 0.0700. The Morgan fingerprint density at radius 2 is 2.04 bits per heavy atom. The van der Waals surface area contributed by atoms with Crippen LogP contribution in [0, 0.1) is 13.8 Å². The third kappa shape index (κ3) is 3.07. The van der Waals surface area contributed by atoms with Gasteiger partial charge in [0.15, 0.2) is 0 Å². The molecule has 0 N–H and O–H groups in total. The number of nitrogens with zero attached hydrogens (tertiary/aromatic N) is 4. The van der Waals surface area contributed by atoms with Gasteiger partial charge in [0.2, 0.25) is 0 Å². The van der Waals surface area contributed by atoms with Crippen molar-refractivity contribution < 1.29 is 4.79 Å². The van der Waals surface area contributed by atoms with Crippen LogP contribution in [-0.4, -0.2) is 38.8 Å². The molecule has 2 aromatic heterocycles. The Bertz CT molecular complexity index is 749. The second-order valence-electron chi connectivity index (χ2n) is 6.86. The van der Waals surface area contributed by atoms with E-state index in [1.54, 1.807) is 23.6 Å². The number of aromatic nitrogens is 3. The molecule has 1 saturated heterocycles. The standard InChI is InChI=1S/C18H22N4OS/c1-11-12(2)24-17(20-11)14-4-3-9-22(10-14)18(23)15-7-8-19-16(21-15)13-5-6-13/h7-8,13-14H,3-6,9-10H2,1-2H3/t14-/m0/s1. The Kier molecular flexibility index (Phi) is 4.08. The van der Waals surface area contributed by atoms with Crippen molar-refractivity contribution in [3.63, 3.8) is 0 Å². The molecule has 1 amide bonds. The Morgan fingerprint density at radius 3 is 2.75 bits per heavy atom. The molecule has 2 aromatic rings. The molecule has 0 radical (unpaired) electrons. The summed E-state index contributed by atoms with van der Waals surface area (Å²) in [5, 5.41) is 1.17. The predicted octanol–water partition coefficient (Wildman–Crippen LogP) is 3.45. The molecule has 24 heavy (non-hydrogen) atoms. The average molecular weight is 342 g/mol. The van der Waals surface area contributed by atoms with Crippen LogP contribution < -0.4 is 0 Å². The first-order valence-corrected chi connectivity index (χ1v) is 9.49. The number of piperidine rings is 1. The minimum absolute atomic E-state index is 0.0361. The zero-order valence-electron chi connectivity index (χ0n) is 14.2. The van der Waals surface area contributed by atoms with Gasteiger partial charge in [-0.3, -0.25) is 4.79 Å². The first kappa shape index (κ1) is 15.7. The van der Waals surface area contributed by atoms with Crippen LogP contribution in [0.1, 0.15) is 69.4 Å². The molecular formula is C18H22N4OS. The van der Waals surface area contributed by atoms with E-state index in [9.17, 15) is 4.79 Å². The molecule has 1 saturated carbocycles. The smallest absolute Gasteiger partial charge is 0.272 e. The van der Waals surface area contributed by atoms with Crippen molar-refractivity contribution in [2.45, 2.75) is 51.4 Å². The summed E-state index contributed by atoms with van der Waals surface area (Å²) in [6.07, 6.45) is 6.14. The maximum absolute atomic E-state index is 12.9. The summed E-state index contributed by atoms with van der Waals surface area (Å²) in [5.41, 5.74) is 1.65. The fourth-order valence-corrected chi connectivity index (χ4v) is 4.28. The highest BCUT2D eigenvalue weighted by Crippen LogP contribution is 2.38. The number of carbonyl (C=O) groups is 1. The number of carbonyl (C=O) groups excluding carboxylic acids is 1. The van der Waals surface area contributed by atoms with E-state index in [2.05, 4.69) is 23.8 Å². The van der Waals surface area contributed by atoms with Crippen LogP contribution in [0.4, 0.5) is 0 Å². The first-order chi connectivity index (χ1) is 11.6. The fourth-order valence-electron chi connectivity index (χ4n) is 3.23. The SMILES string of the molecule is Cc1nc([C@H]2CCCN(C(=O)c3ccnc(C4CC4)n3)C2)sc1C. The predicted molar refractivity (Wildman–Crippen MR) is 93.5 cm³/mol. The molecule has 6 heteroatoms. The van der Waals surface area contributed by atoms with Crippen LogP contribution in [0.5, 0.6) is 0 Å². The van der Waals surface area contributed by atoms with Gasteiger partial charge in [0, 0.05) is 36.0 Å². The zero-order valence-corrected chi connectivity index (χ0v) is 15.0. The highest BCUT2D eigenvalue weighted by Gasteiger charge is 2.30. The highest BCUT2D eigenvalue weighted by atomic mass is 32.1. The molecule has 0 bridgehead atoms. The summed E-state index contributed by atoms with van der Waals surface area (Å²) in [5.74, 6) is 1.69. The number of hydrogen-bond acceptors (Lipinski definition) is 5. The second-order valence-corrected chi connectivity index (χ2v) is 8.09. The van der Waals surface area contributed by atoms with Crippen molar-refractivity contribution >= 4 is 17.2 Å². The van der Waals surface area contributed by atoms with Crippen molar-refractivity contribution in [2.75, 3.05) is 13.1 Å². The van der Waals surface area contributed by atoms with Crippen LogP contribution in [0.3, 0.4) is 0 Å². The van der Waals surface area contributed by atoms with E-state index in [0.717, 1.165) is 50.3 Å². The Morgan fingerprint density at radius 1 is 1.21 bits per heavy atom. The maximum atomic E-state index is 12.9. The molecule has 1 aliphatic heterocycles. The number of aryl methyl sites for hydroxylation is 2. The molecule has 0 aromatic carbocycles. The van der Waals surface area contributed by atoms with Gasteiger partial charge in [0.25, 0.3) is 5.91 Å². The first-order valence-electron chi connectivity index (χ1n) is 8.68. The summed E-state index contributed by atoms with van der Waals surface area (Å²) >= 11 is 1.77. The van der Waals surface area contributed by atoms with Crippen molar-refractivity contribution in [3.8, 4) is 0 Å².